The Bertz CT molecular complexity index is 1130. The van der Waals surface area contributed by atoms with Gasteiger partial charge in [-0.1, -0.05) is 30.3 Å². The van der Waals surface area contributed by atoms with Crippen molar-refractivity contribution >= 4 is 28.8 Å². The van der Waals surface area contributed by atoms with Crippen LogP contribution in [0.1, 0.15) is 11.1 Å². The van der Waals surface area contributed by atoms with Gasteiger partial charge >= 0.3 is 0 Å². The number of non-ortho nitro benzene ring substituents is 1. The molecule has 0 saturated carbocycles. The molecule has 168 valence electrons. The second-order valence-electron chi connectivity index (χ2n) is 7.94. The summed E-state index contributed by atoms with van der Waals surface area (Å²) in [5, 5.41) is 11.8. The second kappa shape index (κ2) is 9.69. The fourth-order valence-electron chi connectivity index (χ4n) is 3.82. The summed E-state index contributed by atoms with van der Waals surface area (Å²) in [4.78, 5) is 41.9. The molecule has 8 nitrogen and oxygen atoms in total. The first kappa shape index (κ1) is 23.1. The van der Waals surface area contributed by atoms with Crippen LogP contribution in [0.15, 0.2) is 48.7 Å². The van der Waals surface area contributed by atoms with E-state index in [1.807, 2.05) is 30.3 Å². The van der Waals surface area contributed by atoms with E-state index in [1.165, 1.54) is 11.0 Å². The monoisotopic (exact) mass is 440 g/mol. The van der Waals surface area contributed by atoms with Gasteiger partial charge < -0.3 is 14.7 Å². The summed E-state index contributed by atoms with van der Waals surface area (Å²) >= 11 is 0. The van der Waals surface area contributed by atoms with Gasteiger partial charge in [-0.25, -0.2) is 4.39 Å². The number of aromatic amines is 1. The predicted octanol–water partition coefficient (Wildman–Crippen LogP) is 2.96. The fraction of sp³-hybridized carbons (Fsp3) is 0.304. The van der Waals surface area contributed by atoms with Crippen molar-refractivity contribution in [2.45, 2.75) is 24.9 Å². The average Bonchev–Trinajstić information content (AvgIpc) is 3.17. The number of rotatable bonds is 9. The van der Waals surface area contributed by atoms with Gasteiger partial charge in [0.15, 0.2) is 0 Å². The van der Waals surface area contributed by atoms with Crippen LogP contribution in [0.3, 0.4) is 0 Å². The summed E-state index contributed by atoms with van der Waals surface area (Å²) in [6, 6.07) is 10.1. The van der Waals surface area contributed by atoms with Crippen LogP contribution in [0.2, 0.25) is 0 Å². The Morgan fingerprint density at radius 1 is 1.19 bits per heavy atom. The van der Waals surface area contributed by atoms with Crippen LogP contribution in [0.5, 0.6) is 0 Å². The van der Waals surface area contributed by atoms with Gasteiger partial charge in [0.25, 0.3) is 5.69 Å². The Morgan fingerprint density at radius 3 is 2.47 bits per heavy atom. The number of nitrogens with zero attached hydrogens (tertiary/aromatic N) is 3. The number of benzene rings is 2. The van der Waals surface area contributed by atoms with Crippen molar-refractivity contribution in [2.24, 2.45) is 0 Å². The molecule has 2 atom stereocenters. The van der Waals surface area contributed by atoms with E-state index in [-0.39, 0.29) is 23.4 Å². The van der Waals surface area contributed by atoms with E-state index >= 15 is 0 Å². The number of nitro groups is 1. The number of nitro benzene ring substituents is 1. The molecule has 0 fully saturated rings. The van der Waals surface area contributed by atoms with E-state index in [4.69, 9.17) is 0 Å². The van der Waals surface area contributed by atoms with Gasteiger partial charge in [-0.2, -0.15) is 0 Å². The van der Waals surface area contributed by atoms with Crippen molar-refractivity contribution in [1.82, 2.24) is 14.8 Å². The lowest BCUT2D eigenvalue weighted by atomic mass is 10.0. The van der Waals surface area contributed by atoms with E-state index in [1.54, 1.807) is 32.2 Å². The number of aromatic nitrogens is 1. The molecular weight excluding hydrogens is 415 g/mol. The third-order valence-electron chi connectivity index (χ3n) is 5.61. The predicted molar refractivity (Wildman–Crippen MR) is 119 cm³/mol. The van der Waals surface area contributed by atoms with Gasteiger partial charge in [0.2, 0.25) is 5.91 Å². The lowest BCUT2D eigenvalue weighted by Crippen LogP contribution is -2.50. The highest BCUT2D eigenvalue weighted by Crippen LogP contribution is 2.31. The van der Waals surface area contributed by atoms with Crippen LogP contribution >= 0.6 is 0 Å². The number of halogens is 1. The number of likely N-dealkylation sites (N-methyl/N-ethyl adjacent to an activating group) is 2. The molecule has 1 aromatic heterocycles. The summed E-state index contributed by atoms with van der Waals surface area (Å²) in [5.41, 5.74) is 1.39. The van der Waals surface area contributed by atoms with Crippen molar-refractivity contribution < 1.29 is 18.9 Å². The summed E-state index contributed by atoms with van der Waals surface area (Å²) in [6.07, 6.45) is 2.84. The molecule has 0 spiro atoms. The van der Waals surface area contributed by atoms with E-state index in [0.29, 0.717) is 17.5 Å². The highest BCUT2D eigenvalue weighted by Gasteiger charge is 2.30. The zero-order chi connectivity index (χ0) is 23.4. The van der Waals surface area contributed by atoms with Crippen molar-refractivity contribution in [3.8, 4) is 0 Å². The van der Waals surface area contributed by atoms with Crippen LogP contribution < -0.4 is 0 Å². The van der Waals surface area contributed by atoms with E-state index < -0.39 is 22.8 Å². The molecule has 9 heteroatoms. The summed E-state index contributed by atoms with van der Waals surface area (Å²) < 4.78 is 13.8. The first-order chi connectivity index (χ1) is 15.2. The lowest BCUT2D eigenvalue weighted by molar-refractivity contribution is -0.383. The maximum absolute atomic E-state index is 13.8. The standard InChI is InChI=1S/C23H25FN4O4/c1-26(2)21(23(30)27(3)18(14-29)9-15-7-5-4-6-8-15)10-16-13-25-19-11-17(24)12-20(22(16)19)28(31)32/h4-8,11-14,18,21,25H,9-10H2,1-3H3. The van der Waals surface area contributed by atoms with Gasteiger partial charge in [-0.15, -0.1) is 0 Å². The largest absolute Gasteiger partial charge is 0.361 e. The number of hydrogen-bond acceptors (Lipinski definition) is 5. The zero-order valence-corrected chi connectivity index (χ0v) is 18.1. The number of fused-ring (bicyclic) bond motifs is 1. The molecular formula is C23H25FN4O4. The third kappa shape index (κ3) is 4.83. The molecule has 0 saturated heterocycles. The fourth-order valence-corrected chi connectivity index (χ4v) is 3.82. The Labute approximate surface area is 184 Å². The van der Waals surface area contributed by atoms with Gasteiger partial charge in [-0.3, -0.25) is 19.8 Å². The number of carbonyl (C=O) groups excluding carboxylic acids is 2. The number of nitrogens with one attached hydrogen (secondary N) is 1. The van der Waals surface area contributed by atoms with Crippen molar-refractivity contribution in [2.75, 3.05) is 21.1 Å². The second-order valence-corrected chi connectivity index (χ2v) is 7.94. The zero-order valence-electron chi connectivity index (χ0n) is 18.1. The van der Waals surface area contributed by atoms with E-state index in [2.05, 4.69) is 4.98 Å². The summed E-state index contributed by atoms with van der Waals surface area (Å²) in [7, 11) is 5.03. The number of amides is 1. The van der Waals surface area contributed by atoms with Gasteiger partial charge in [0.05, 0.1) is 34.0 Å². The van der Waals surface area contributed by atoms with E-state index in [0.717, 1.165) is 17.9 Å². The van der Waals surface area contributed by atoms with Crippen LogP contribution in [-0.2, 0) is 22.4 Å². The van der Waals surface area contributed by atoms with Gasteiger partial charge in [-0.05, 0) is 44.1 Å². The van der Waals surface area contributed by atoms with Crippen LogP contribution in [-0.4, -0.2) is 65.1 Å². The van der Waals surface area contributed by atoms with Crippen molar-refractivity contribution in [3.05, 3.63) is 75.7 Å². The molecule has 0 aliphatic carbocycles. The summed E-state index contributed by atoms with van der Waals surface area (Å²) in [5.74, 6) is -1.01. The first-order valence-corrected chi connectivity index (χ1v) is 10.1. The molecule has 1 heterocycles. The number of aldehydes is 1. The summed E-state index contributed by atoms with van der Waals surface area (Å²) in [6.45, 7) is 0. The molecule has 3 rings (SSSR count). The Hall–Kier alpha value is -3.59. The lowest BCUT2D eigenvalue weighted by Gasteiger charge is -2.31. The van der Waals surface area contributed by atoms with Gasteiger partial charge in [0, 0.05) is 13.2 Å². The highest BCUT2D eigenvalue weighted by atomic mass is 19.1. The molecule has 2 unspecified atom stereocenters. The quantitative estimate of drug-likeness (QED) is 0.313. The van der Waals surface area contributed by atoms with Crippen LogP contribution in [0.25, 0.3) is 10.9 Å². The smallest absolute Gasteiger partial charge is 0.281 e. The normalized spacial score (nSPS) is 13.2. The first-order valence-electron chi connectivity index (χ1n) is 10.1. The van der Waals surface area contributed by atoms with Gasteiger partial charge in [0.1, 0.15) is 12.1 Å². The molecule has 3 aromatic rings. The number of carbonyl (C=O) groups is 2. The number of H-pyrrole nitrogens is 1. The Kier molecular flexibility index (Phi) is 6.99. The minimum absolute atomic E-state index is 0.152. The molecule has 0 radical (unpaired) electrons. The third-order valence-corrected chi connectivity index (χ3v) is 5.61. The maximum Gasteiger partial charge on any atom is 0.281 e. The SMILES string of the molecule is CN(C)C(Cc1c[nH]c2cc(F)cc([N+](=O)[O-])c12)C(=O)N(C)C(C=O)Cc1ccccc1. The minimum atomic E-state index is -0.715. The number of hydrogen-bond donors (Lipinski definition) is 1. The van der Waals surface area contributed by atoms with Crippen molar-refractivity contribution in [1.29, 1.82) is 0 Å². The van der Waals surface area contributed by atoms with Crippen LogP contribution in [0, 0.1) is 15.9 Å². The van der Waals surface area contributed by atoms with Crippen LogP contribution in [0.4, 0.5) is 10.1 Å². The Morgan fingerprint density at radius 2 is 1.88 bits per heavy atom. The highest BCUT2D eigenvalue weighted by molar-refractivity contribution is 5.93. The molecule has 0 aliphatic rings. The van der Waals surface area contributed by atoms with Crippen molar-refractivity contribution in [3.63, 3.8) is 0 Å². The topological polar surface area (TPSA) is 99.6 Å². The molecule has 0 aliphatic heterocycles. The molecule has 32 heavy (non-hydrogen) atoms. The Balaban J connectivity index is 1.89. The maximum atomic E-state index is 13.8. The van der Waals surface area contributed by atoms with E-state index in [9.17, 15) is 24.1 Å². The minimum Gasteiger partial charge on any atom is -0.361 e. The molecule has 1 N–H and O–H groups in total. The molecule has 2 aromatic carbocycles. The molecule has 0 bridgehead atoms. The average molecular weight is 440 g/mol. The molecule has 1 amide bonds.